The molecule has 10 heteroatoms. The Morgan fingerprint density at radius 2 is 2.00 bits per heavy atom. The van der Waals surface area contributed by atoms with Gasteiger partial charge in [0.2, 0.25) is 0 Å². The smallest absolute Gasteiger partial charge is 0.279 e. The molecule has 0 saturated carbocycles. The monoisotopic (exact) mass is 356 g/mol. The van der Waals surface area contributed by atoms with Crippen LogP contribution >= 0.6 is 22.9 Å². The molecule has 21 heavy (non-hydrogen) atoms. The first-order valence-corrected chi connectivity index (χ1v) is 8.10. The van der Waals surface area contributed by atoms with Gasteiger partial charge in [-0.05, 0) is 25.1 Å². The normalized spacial score (nSPS) is 12.4. The molecule has 4 nitrogen and oxygen atoms in total. The van der Waals surface area contributed by atoms with Crippen molar-refractivity contribution in [3.8, 4) is 0 Å². The molecule has 2 rings (SSSR count). The molecular weight excluding hydrogens is 349 g/mol. The summed E-state index contributed by atoms with van der Waals surface area (Å²) in [6.07, 6.45) is -4.55. The first kappa shape index (κ1) is 16.1. The third-order valence-electron chi connectivity index (χ3n) is 2.41. The van der Waals surface area contributed by atoms with Gasteiger partial charge in [-0.2, -0.15) is 13.2 Å². The van der Waals surface area contributed by atoms with Crippen LogP contribution in [0.15, 0.2) is 28.5 Å². The van der Waals surface area contributed by atoms with E-state index in [1.165, 1.54) is 13.0 Å². The number of alkyl halides is 3. The number of hydrogen-bond acceptors (Lipinski definition) is 4. The lowest BCUT2D eigenvalue weighted by Crippen LogP contribution is -2.13. The zero-order valence-electron chi connectivity index (χ0n) is 10.4. The van der Waals surface area contributed by atoms with Gasteiger partial charge in [-0.1, -0.05) is 29.0 Å². The lowest BCUT2D eigenvalue weighted by atomic mass is 10.2. The summed E-state index contributed by atoms with van der Waals surface area (Å²) < 4.78 is 64.0. The van der Waals surface area contributed by atoms with E-state index in [1.807, 2.05) is 0 Å². The number of nitrogens with zero attached hydrogens (tertiary/aromatic N) is 1. The van der Waals surface area contributed by atoms with Crippen molar-refractivity contribution in [1.29, 1.82) is 0 Å². The predicted molar refractivity (Wildman–Crippen MR) is 74.1 cm³/mol. The van der Waals surface area contributed by atoms with Crippen LogP contribution in [0.3, 0.4) is 0 Å². The van der Waals surface area contributed by atoms with Crippen LogP contribution in [0.4, 0.5) is 18.9 Å². The number of nitrogens with one attached hydrogen (secondary N) is 1. The Kier molecular flexibility index (Phi) is 4.18. The molecule has 0 radical (unpaired) electrons. The van der Waals surface area contributed by atoms with Gasteiger partial charge in [0.25, 0.3) is 10.0 Å². The standard InChI is InChI=1S/C11H8ClF3N2O2S2/c1-6-9(20-10(12)16-6)21(18,19)17-8-4-2-3-7(5-8)11(13,14)15/h2-5,17H,1H3. The SMILES string of the molecule is Cc1nc(Cl)sc1S(=O)(=O)Nc1cccc(C(F)(F)F)c1. The molecule has 1 heterocycles. The number of aromatic nitrogens is 1. The summed E-state index contributed by atoms with van der Waals surface area (Å²) in [5, 5.41) is 0. The van der Waals surface area contributed by atoms with Gasteiger partial charge in [0.1, 0.15) is 0 Å². The van der Waals surface area contributed by atoms with Crippen molar-refractivity contribution >= 4 is 38.6 Å². The van der Waals surface area contributed by atoms with Gasteiger partial charge in [-0.3, -0.25) is 4.72 Å². The second-order valence-corrected chi connectivity index (χ2v) is 7.48. The molecule has 0 unspecified atom stereocenters. The van der Waals surface area contributed by atoms with E-state index < -0.39 is 21.8 Å². The zero-order chi connectivity index (χ0) is 15.8. The van der Waals surface area contributed by atoms with Crippen molar-refractivity contribution in [2.24, 2.45) is 0 Å². The molecule has 1 N–H and O–H groups in total. The maximum atomic E-state index is 12.6. The van der Waals surface area contributed by atoms with Crippen LogP contribution in [0.5, 0.6) is 0 Å². The van der Waals surface area contributed by atoms with Crippen molar-refractivity contribution in [2.75, 3.05) is 4.72 Å². The van der Waals surface area contributed by atoms with E-state index in [0.29, 0.717) is 0 Å². The second kappa shape index (κ2) is 5.47. The lowest BCUT2D eigenvalue weighted by Gasteiger charge is -2.10. The van der Waals surface area contributed by atoms with Crippen molar-refractivity contribution in [3.63, 3.8) is 0 Å². The van der Waals surface area contributed by atoms with Crippen LogP contribution in [0, 0.1) is 6.92 Å². The Balaban J connectivity index is 2.36. The number of rotatable bonds is 3. The Bertz CT molecular complexity index is 772. The fourth-order valence-corrected chi connectivity index (χ4v) is 4.35. The highest BCUT2D eigenvalue weighted by Gasteiger charge is 2.31. The van der Waals surface area contributed by atoms with Crippen molar-refractivity contribution in [3.05, 3.63) is 40.0 Å². The van der Waals surface area contributed by atoms with E-state index in [0.717, 1.165) is 29.5 Å². The molecule has 0 aliphatic carbocycles. The molecule has 0 saturated heterocycles. The summed E-state index contributed by atoms with van der Waals surface area (Å²) >= 11 is 6.36. The van der Waals surface area contributed by atoms with E-state index in [2.05, 4.69) is 9.71 Å². The third kappa shape index (κ3) is 3.66. The fraction of sp³-hybridized carbons (Fsp3) is 0.182. The Morgan fingerprint density at radius 3 is 2.52 bits per heavy atom. The van der Waals surface area contributed by atoms with E-state index >= 15 is 0 Å². The molecule has 0 bridgehead atoms. The van der Waals surface area contributed by atoms with Gasteiger partial charge in [0.15, 0.2) is 8.68 Å². The van der Waals surface area contributed by atoms with E-state index in [4.69, 9.17) is 11.6 Å². The molecule has 0 fully saturated rings. The first-order valence-electron chi connectivity index (χ1n) is 5.42. The van der Waals surface area contributed by atoms with Crippen LogP contribution in [-0.4, -0.2) is 13.4 Å². The molecule has 0 aliphatic rings. The largest absolute Gasteiger partial charge is 0.416 e. The van der Waals surface area contributed by atoms with Crippen molar-refractivity contribution < 1.29 is 21.6 Å². The van der Waals surface area contributed by atoms with E-state index in [9.17, 15) is 21.6 Å². The summed E-state index contributed by atoms with van der Waals surface area (Å²) in [5.74, 6) is 0. The van der Waals surface area contributed by atoms with Crippen LogP contribution in [-0.2, 0) is 16.2 Å². The minimum absolute atomic E-state index is 0.0388. The van der Waals surface area contributed by atoms with Gasteiger partial charge in [0, 0.05) is 5.69 Å². The first-order chi connectivity index (χ1) is 9.59. The highest BCUT2D eigenvalue weighted by Crippen LogP contribution is 2.32. The number of benzene rings is 1. The van der Waals surface area contributed by atoms with Crippen LogP contribution < -0.4 is 4.72 Å². The molecule has 0 spiro atoms. The van der Waals surface area contributed by atoms with Gasteiger partial charge in [-0.15, -0.1) is 0 Å². The Morgan fingerprint density at radius 1 is 1.33 bits per heavy atom. The minimum Gasteiger partial charge on any atom is -0.279 e. The Labute approximate surface area is 127 Å². The van der Waals surface area contributed by atoms with Crippen molar-refractivity contribution in [1.82, 2.24) is 4.98 Å². The molecule has 0 amide bonds. The highest BCUT2D eigenvalue weighted by atomic mass is 35.5. The Hall–Kier alpha value is -1.32. The maximum absolute atomic E-state index is 12.6. The molecule has 1 aromatic carbocycles. The number of thiazole rings is 1. The minimum atomic E-state index is -4.55. The molecule has 2 aromatic rings. The van der Waals surface area contributed by atoms with Crippen LogP contribution in [0.2, 0.25) is 4.47 Å². The number of halogens is 4. The number of sulfonamides is 1. The van der Waals surface area contributed by atoms with Crippen molar-refractivity contribution in [2.45, 2.75) is 17.3 Å². The van der Waals surface area contributed by atoms with E-state index in [-0.39, 0.29) is 20.1 Å². The molecular formula is C11H8ClF3N2O2S2. The van der Waals surface area contributed by atoms with Crippen LogP contribution in [0.1, 0.15) is 11.3 Å². The molecule has 0 aliphatic heterocycles. The topological polar surface area (TPSA) is 59.1 Å². The molecule has 0 atom stereocenters. The van der Waals surface area contributed by atoms with Gasteiger partial charge < -0.3 is 0 Å². The lowest BCUT2D eigenvalue weighted by molar-refractivity contribution is -0.137. The fourth-order valence-electron chi connectivity index (χ4n) is 1.56. The summed E-state index contributed by atoms with van der Waals surface area (Å²) in [6.45, 7) is 1.45. The predicted octanol–water partition coefficient (Wildman–Crippen LogP) is 3.92. The number of anilines is 1. The summed E-state index contributed by atoms with van der Waals surface area (Å²) in [5.41, 5.74) is -0.944. The number of aryl methyl sites for hydroxylation is 1. The number of hydrogen-bond donors (Lipinski definition) is 1. The average Bonchev–Trinajstić information content (AvgIpc) is 2.68. The second-order valence-electron chi connectivity index (χ2n) is 4.02. The average molecular weight is 357 g/mol. The quantitative estimate of drug-likeness (QED) is 0.906. The van der Waals surface area contributed by atoms with Gasteiger partial charge in [0.05, 0.1) is 11.3 Å². The summed E-state index contributed by atoms with van der Waals surface area (Å²) in [7, 11) is -4.03. The summed E-state index contributed by atoms with van der Waals surface area (Å²) in [4.78, 5) is 3.76. The zero-order valence-corrected chi connectivity index (χ0v) is 12.8. The van der Waals surface area contributed by atoms with Crippen LogP contribution in [0.25, 0.3) is 0 Å². The van der Waals surface area contributed by atoms with E-state index in [1.54, 1.807) is 0 Å². The third-order valence-corrected chi connectivity index (χ3v) is 5.67. The van der Waals surface area contributed by atoms with Gasteiger partial charge in [-0.25, -0.2) is 13.4 Å². The highest BCUT2D eigenvalue weighted by molar-refractivity contribution is 7.94. The molecule has 1 aromatic heterocycles. The van der Waals surface area contributed by atoms with Gasteiger partial charge >= 0.3 is 6.18 Å². The summed E-state index contributed by atoms with van der Waals surface area (Å²) in [6, 6.07) is 3.92. The maximum Gasteiger partial charge on any atom is 0.416 e. The molecule has 114 valence electrons.